The van der Waals surface area contributed by atoms with Crippen LogP contribution in [0.3, 0.4) is 0 Å². The molecule has 2 aromatic carbocycles. The topological polar surface area (TPSA) is 63.6 Å². The molecule has 0 fully saturated rings. The van der Waals surface area contributed by atoms with E-state index in [4.69, 9.17) is 4.74 Å². The molecule has 0 radical (unpaired) electrons. The monoisotopic (exact) mass is 348 g/mol. The minimum Gasteiger partial charge on any atom is -0.456 e. The second-order valence-electron chi connectivity index (χ2n) is 5.84. The molecule has 0 saturated carbocycles. The molecule has 0 heterocycles. The summed E-state index contributed by atoms with van der Waals surface area (Å²) < 4.78 is 37.8. The Balaban J connectivity index is 2.05. The molecule has 4 nitrogen and oxygen atoms in total. The van der Waals surface area contributed by atoms with Crippen LogP contribution in [0, 0.1) is 0 Å². The van der Waals surface area contributed by atoms with E-state index in [-0.39, 0.29) is 10.6 Å². The Morgan fingerprint density at radius 1 is 0.958 bits per heavy atom. The van der Waals surface area contributed by atoms with Gasteiger partial charge in [-0.15, -0.1) is 0 Å². The summed E-state index contributed by atoms with van der Waals surface area (Å²) in [6.45, 7) is 2.20. The van der Waals surface area contributed by atoms with Gasteiger partial charge in [0.15, 0.2) is 0 Å². The Bertz CT molecular complexity index is 753. The quantitative estimate of drug-likeness (QED) is 0.497. The largest absolute Gasteiger partial charge is 0.456 e. The highest BCUT2D eigenvalue weighted by atomic mass is 32.2. The Kier molecular flexibility index (Phi) is 6.82. The molecule has 0 spiro atoms. The molecule has 2 aromatic rings. The molecule has 2 rings (SSSR count). The van der Waals surface area contributed by atoms with Crippen molar-refractivity contribution in [3.8, 4) is 11.5 Å². The van der Waals surface area contributed by atoms with Crippen molar-refractivity contribution < 1.29 is 17.7 Å². The smallest absolute Gasteiger partial charge is 0.298 e. The van der Waals surface area contributed by atoms with E-state index in [1.54, 1.807) is 18.2 Å². The molecule has 1 N–H and O–H groups in total. The van der Waals surface area contributed by atoms with Crippen molar-refractivity contribution in [3.63, 3.8) is 0 Å². The summed E-state index contributed by atoms with van der Waals surface area (Å²) >= 11 is 0. The van der Waals surface area contributed by atoms with Crippen molar-refractivity contribution in [1.82, 2.24) is 0 Å². The number of hydrogen-bond donors (Lipinski definition) is 1. The second-order valence-corrected chi connectivity index (χ2v) is 7.23. The number of unbranched alkanes of at least 4 members (excludes halogenated alkanes) is 4. The first-order valence-corrected chi connectivity index (χ1v) is 9.78. The normalized spacial score (nSPS) is 11.4. The van der Waals surface area contributed by atoms with Crippen LogP contribution in [-0.2, 0) is 16.5 Å². The fourth-order valence-electron chi connectivity index (χ4n) is 2.57. The summed E-state index contributed by atoms with van der Waals surface area (Å²) in [5, 5.41) is 0. The maximum atomic E-state index is 11.4. The van der Waals surface area contributed by atoms with E-state index in [1.807, 2.05) is 18.2 Å². The zero-order chi connectivity index (χ0) is 17.4. The van der Waals surface area contributed by atoms with E-state index in [2.05, 4.69) is 6.92 Å². The highest BCUT2D eigenvalue weighted by molar-refractivity contribution is 7.86. The third kappa shape index (κ3) is 5.65. The fourth-order valence-corrected chi connectivity index (χ4v) is 3.19. The molecule has 0 atom stereocenters. The molecular formula is C19H24O4S. The van der Waals surface area contributed by atoms with Crippen LogP contribution in [0.25, 0.3) is 0 Å². The lowest BCUT2D eigenvalue weighted by Crippen LogP contribution is -2.00. The Morgan fingerprint density at radius 3 is 2.46 bits per heavy atom. The first-order chi connectivity index (χ1) is 11.5. The second kappa shape index (κ2) is 8.85. The van der Waals surface area contributed by atoms with Gasteiger partial charge in [-0.1, -0.05) is 56.9 Å². The van der Waals surface area contributed by atoms with Gasteiger partial charge >= 0.3 is 0 Å². The van der Waals surface area contributed by atoms with Crippen LogP contribution < -0.4 is 4.74 Å². The van der Waals surface area contributed by atoms with Gasteiger partial charge in [-0.2, -0.15) is 8.42 Å². The molecule has 0 unspecified atom stereocenters. The number of rotatable bonds is 9. The van der Waals surface area contributed by atoms with Crippen LogP contribution >= 0.6 is 0 Å². The van der Waals surface area contributed by atoms with Crippen LogP contribution in [0.15, 0.2) is 53.4 Å². The van der Waals surface area contributed by atoms with E-state index >= 15 is 0 Å². The van der Waals surface area contributed by atoms with E-state index in [9.17, 15) is 13.0 Å². The molecule has 130 valence electrons. The van der Waals surface area contributed by atoms with Crippen LogP contribution in [0.5, 0.6) is 11.5 Å². The average molecular weight is 348 g/mol. The van der Waals surface area contributed by atoms with Crippen LogP contribution in [0.4, 0.5) is 0 Å². The highest BCUT2D eigenvalue weighted by Crippen LogP contribution is 2.29. The minimum absolute atomic E-state index is 0.125. The van der Waals surface area contributed by atoms with E-state index in [1.165, 1.54) is 37.8 Å². The van der Waals surface area contributed by atoms with Crippen molar-refractivity contribution in [2.24, 2.45) is 0 Å². The number of aryl methyl sites for hydroxylation is 1. The first-order valence-electron chi connectivity index (χ1n) is 8.34. The van der Waals surface area contributed by atoms with Crippen LogP contribution in [0.1, 0.15) is 44.6 Å². The van der Waals surface area contributed by atoms with Gasteiger partial charge in [0.05, 0.1) is 0 Å². The van der Waals surface area contributed by atoms with Gasteiger partial charge in [0.1, 0.15) is 16.4 Å². The zero-order valence-corrected chi connectivity index (χ0v) is 14.8. The van der Waals surface area contributed by atoms with Gasteiger partial charge in [-0.3, -0.25) is 4.55 Å². The zero-order valence-electron chi connectivity index (χ0n) is 13.9. The summed E-state index contributed by atoms with van der Waals surface area (Å²) in [6, 6.07) is 13.7. The summed E-state index contributed by atoms with van der Waals surface area (Å²) in [6.07, 6.45) is 7.08. The summed E-state index contributed by atoms with van der Waals surface area (Å²) in [4.78, 5) is -0.227. The predicted molar refractivity (Wildman–Crippen MR) is 95.2 cm³/mol. The molecule has 0 aromatic heterocycles. The number of hydrogen-bond acceptors (Lipinski definition) is 3. The first kappa shape index (κ1) is 18.5. The molecule has 24 heavy (non-hydrogen) atoms. The average Bonchev–Trinajstić information content (AvgIpc) is 2.54. The van der Waals surface area contributed by atoms with Crippen molar-refractivity contribution in [3.05, 3.63) is 54.1 Å². The van der Waals surface area contributed by atoms with Crippen LogP contribution in [0.2, 0.25) is 0 Å². The van der Waals surface area contributed by atoms with Crippen molar-refractivity contribution in [2.75, 3.05) is 0 Å². The standard InChI is InChI=1S/C19H24O4S/c1-2-3-4-5-6-10-16-11-9-12-17(15-16)23-18-13-7-8-14-19(18)24(20,21)22/h7-9,11-15H,2-6,10H2,1H3,(H,20,21,22). The lowest BCUT2D eigenvalue weighted by Gasteiger charge is -2.10. The lowest BCUT2D eigenvalue weighted by atomic mass is 10.1. The molecule has 0 amide bonds. The van der Waals surface area contributed by atoms with E-state index in [0.29, 0.717) is 5.75 Å². The van der Waals surface area contributed by atoms with E-state index in [0.717, 1.165) is 18.4 Å². The van der Waals surface area contributed by atoms with Gasteiger partial charge in [-0.25, -0.2) is 0 Å². The molecule has 0 aliphatic rings. The Morgan fingerprint density at radius 2 is 1.71 bits per heavy atom. The minimum atomic E-state index is -4.31. The maximum Gasteiger partial charge on any atom is 0.298 e. The summed E-state index contributed by atoms with van der Waals surface area (Å²) in [5.41, 5.74) is 1.16. The Labute approximate surface area is 144 Å². The van der Waals surface area contributed by atoms with Gasteiger partial charge in [0, 0.05) is 0 Å². The fraction of sp³-hybridized carbons (Fsp3) is 0.368. The van der Waals surface area contributed by atoms with Crippen molar-refractivity contribution in [2.45, 2.75) is 50.3 Å². The molecule has 0 saturated heterocycles. The lowest BCUT2D eigenvalue weighted by molar-refractivity contribution is 0.449. The van der Waals surface area contributed by atoms with Crippen molar-refractivity contribution >= 4 is 10.1 Å². The molecule has 0 aliphatic heterocycles. The highest BCUT2D eigenvalue weighted by Gasteiger charge is 2.16. The van der Waals surface area contributed by atoms with Gasteiger partial charge in [0.2, 0.25) is 0 Å². The molecular weight excluding hydrogens is 324 g/mol. The number of benzene rings is 2. The third-order valence-electron chi connectivity index (χ3n) is 3.82. The molecule has 5 heteroatoms. The number of ether oxygens (including phenoxy) is 1. The Hall–Kier alpha value is -1.85. The summed E-state index contributed by atoms with van der Waals surface area (Å²) in [5.74, 6) is 0.692. The molecule has 0 bridgehead atoms. The number of para-hydroxylation sites is 1. The van der Waals surface area contributed by atoms with E-state index < -0.39 is 10.1 Å². The van der Waals surface area contributed by atoms with Gasteiger partial charge in [0.25, 0.3) is 10.1 Å². The van der Waals surface area contributed by atoms with Crippen molar-refractivity contribution in [1.29, 1.82) is 0 Å². The molecule has 0 aliphatic carbocycles. The summed E-state index contributed by atoms with van der Waals surface area (Å²) in [7, 11) is -4.31. The van der Waals surface area contributed by atoms with Gasteiger partial charge in [-0.05, 0) is 42.7 Å². The third-order valence-corrected chi connectivity index (χ3v) is 4.72. The predicted octanol–water partition coefficient (Wildman–Crippen LogP) is 5.24. The van der Waals surface area contributed by atoms with Crippen LogP contribution in [-0.4, -0.2) is 13.0 Å². The maximum absolute atomic E-state index is 11.4. The SMILES string of the molecule is CCCCCCCc1cccc(Oc2ccccc2S(=O)(=O)O)c1. The van der Waals surface area contributed by atoms with Gasteiger partial charge < -0.3 is 4.74 Å².